The Morgan fingerprint density at radius 3 is 2.57 bits per heavy atom. The second kappa shape index (κ2) is 8.22. The molecule has 0 saturated heterocycles. The van der Waals surface area contributed by atoms with Crippen molar-refractivity contribution in [1.29, 1.82) is 0 Å². The van der Waals surface area contributed by atoms with Crippen LogP contribution in [0, 0.1) is 0 Å². The lowest BCUT2D eigenvalue weighted by molar-refractivity contribution is -0.132. The third-order valence-corrected chi connectivity index (χ3v) is 3.48. The minimum atomic E-state index is -0.0347. The van der Waals surface area contributed by atoms with E-state index in [0.717, 1.165) is 11.4 Å². The van der Waals surface area contributed by atoms with Crippen LogP contribution < -0.4 is 9.47 Å². The normalized spacial score (nSPS) is 10.4. The molecule has 0 aliphatic carbocycles. The van der Waals surface area contributed by atoms with Crippen LogP contribution in [-0.2, 0) is 4.79 Å². The van der Waals surface area contributed by atoms with Crippen LogP contribution in [0.3, 0.4) is 0 Å². The average molecular weight is 317 g/mol. The first-order valence-corrected chi connectivity index (χ1v) is 7.86. The molecule has 0 aliphatic rings. The number of imidazole rings is 1. The van der Waals surface area contributed by atoms with Gasteiger partial charge in [-0.15, -0.1) is 0 Å². The van der Waals surface area contributed by atoms with Crippen LogP contribution in [-0.4, -0.2) is 47.1 Å². The van der Waals surface area contributed by atoms with E-state index in [1.807, 2.05) is 32.9 Å². The molecule has 1 aromatic heterocycles. The third-order valence-electron chi connectivity index (χ3n) is 3.48. The van der Waals surface area contributed by atoms with Crippen LogP contribution in [0.1, 0.15) is 20.8 Å². The van der Waals surface area contributed by atoms with Crippen molar-refractivity contribution < 1.29 is 14.3 Å². The summed E-state index contributed by atoms with van der Waals surface area (Å²) < 4.78 is 11.3. The fraction of sp³-hybridized carbons (Fsp3) is 0.412. The molecule has 1 amide bonds. The van der Waals surface area contributed by atoms with Crippen LogP contribution in [0.15, 0.2) is 30.6 Å². The van der Waals surface area contributed by atoms with Crippen molar-refractivity contribution >= 4 is 5.91 Å². The van der Waals surface area contributed by atoms with E-state index in [4.69, 9.17) is 9.47 Å². The van der Waals surface area contributed by atoms with Gasteiger partial charge in [-0.2, -0.15) is 0 Å². The number of amides is 1. The predicted octanol–water partition coefficient (Wildman–Crippen LogP) is 2.72. The summed E-state index contributed by atoms with van der Waals surface area (Å²) in [7, 11) is 0. The van der Waals surface area contributed by atoms with E-state index in [1.54, 1.807) is 23.4 Å². The minimum absolute atomic E-state index is 0.00184. The molecule has 2 rings (SSSR count). The molecule has 1 N–H and O–H groups in total. The molecule has 0 radical (unpaired) electrons. The quantitative estimate of drug-likeness (QED) is 0.813. The Morgan fingerprint density at radius 2 is 1.96 bits per heavy atom. The maximum Gasteiger partial charge on any atom is 0.260 e. The summed E-state index contributed by atoms with van der Waals surface area (Å²) >= 11 is 0. The molecule has 6 heteroatoms. The van der Waals surface area contributed by atoms with Gasteiger partial charge in [0.15, 0.2) is 18.1 Å². The predicted molar refractivity (Wildman–Crippen MR) is 88.6 cm³/mol. The van der Waals surface area contributed by atoms with Crippen molar-refractivity contribution in [3.05, 3.63) is 30.6 Å². The zero-order valence-corrected chi connectivity index (χ0v) is 13.8. The maximum atomic E-state index is 12.0. The number of aromatic amines is 1. The first kappa shape index (κ1) is 16.9. The Morgan fingerprint density at radius 1 is 1.17 bits per heavy atom. The molecule has 0 bridgehead atoms. The molecule has 0 spiro atoms. The fourth-order valence-corrected chi connectivity index (χ4v) is 2.27. The van der Waals surface area contributed by atoms with Gasteiger partial charge in [0.1, 0.15) is 5.82 Å². The Bertz CT molecular complexity index is 622. The number of nitrogens with zero attached hydrogens (tertiary/aromatic N) is 2. The third kappa shape index (κ3) is 4.25. The highest BCUT2D eigenvalue weighted by molar-refractivity contribution is 5.77. The number of aromatic nitrogens is 2. The van der Waals surface area contributed by atoms with E-state index in [0.29, 0.717) is 31.2 Å². The molecular weight excluding hydrogens is 294 g/mol. The van der Waals surface area contributed by atoms with E-state index in [2.05, 4.69) is 9.97 Å². The first-order chi connectivity index (χ1) is 11.2. The van der Waals surface area contributed by atoms with Crippen molar-refractivity contribution in [2.75, 3.05) is 26.3 Å². The highest BCUT2D eigenvalue weighted by Gasteiger charge is 2.13. The van der Waals surface area contributed by atoms with Crippen LogP contribution in [0.4, 0.5) is 0 Å². The molecule has 0 atom stereocenters. The van der Waals surface area contributed by atoms with Crippen LogP contribution in [0.5, 0.6) is 11.5 Å². The molecule has 0 aliphatic heterocycles. The van der Waals surface area contributed by atoms with E-state index in [1.165, 1.54) is 0 Å². The molecule has 1 aromatic carbocycles. The summed E-state index contributed by atoms with van der Waals surface area (Å²) in [5.74, 6) is 1.89. The van der Waals surface area contributed by atoms with Crippen molar-refractivity contribution in [2.45, 2.75) is 20.8 Å². The van der Waals surface area contributed by atoms with Crippen LogP contribution >= 0.6 is 0 Å². The minimum Gasteiger partial charge on any atom is -0.490 e. The second-order valence-electron chi connectivity index (χ2n) is 4.89. The summed E-state index contributed by atoms with van der Waals surface area (Å²) in [6.07, 6.45) is 3.46. The topological polar surface area (TPSA) is 67.5 Å². The van der Waals surface area contributed by atoms with E-state index in [9.17, 15) is 4.79 Å². The van der Waals surface area contributed by atoms with Gasteiger partial charge < -0.3 is 19.4 Å². The van der Waals surface area contributed by atoms with Gasteiger partial charge in [0.05, 0.1) is 6.61 Å². The first-order valence-electron chi connectivity index (χ1n) is 7.86. The van der Waals surface area contributed by atoms with Crippen molar-refractivity contribution in [2.24, 2.45) is 0 Å². The summed E-state index contributed by atoms with van der Waals surface area (Å²) in [6, 6.07) is 5.55. The molecular formula is C17H23N3O3. The van der Waals surface area contributed by atoms with Gasteiger partial charge in [-0.1, -0.05) is 0 Å². The fourth-order valence-electron chi connectivity index (χ4n) is 2.27. The lowest BCUT2D eigenvalue weighted by atomic mass is 10.2. The number of ether oxygens (including phenoxy) is 2. The number of likely N-dealkylation sites (N-methyl/N-ethyl adjacent to an activating group) is 1. The SMILES string of the molecule is CCOc1cc(-c2ncc[nH]2)ccc1OCC(=O)N(CC)CC. The van der Waals surface area contributed by atoms with Crippen molar-refractivity contribution in [3.8, 4) is 22.9 Å². The Kier molecular flexibility index (Phi) is 6.02. The zero-order valence-electron chi connectivity index (χ0n) is 13.8. The molecule has 23 heavy (non-hydrogen) atoms. The van der Waals surface area contributed by atoms with Crippen LogP contribution in [0.25, 0.3) is 11.4 Å². The van der Waals surface area contributed by atoms with Gasteiger partial charge in [0.2, 0.25) is 0 Å². The van der Waals surface area contributed by atoms with E-state index in [-0.39, 0.29) is 12.5 Å². The molecule has 1 heterocycles. The van der Waals surface area contributed by atoms with Gasteiger partial charge in [-0.25, -0.2) is 4.98 Å². The molecule has 0 unspecified atom stereocenters. The standard InChI is InChI=1S/C17H23N3O3/c1-4-20(5-2)16(21)12-23-14-8-7-13(11-15(14)22-6-3)17-18-9-10-19-17/h7-11H,4-6,12H2,1-3H3,(H,18,19). The lowest BCUT2D eigenvalue weighted by Crippen LogP contribution is -2.34. The van der Waals surface area contributed by atoms with Gasteiger partial charge in [-0.3, -0.25) is 4.79 Å². The summed E-state index contributed by atoms with van der Waals surface area (Å²) in [5, 5.41) is 0. The molecule has 0 fully saturated rings. The number of carbonyl (C=O) groups is 1. The highest BCUT2D eigenvalue weighted by Crippen LogP contribution is 2.31. The van der Waals surface area contributed by atoms with E-state index < -0.39 is 0 Å². The van der Waals surface area contributed by atoms with Crippen LogP contribution in [0.2, 0.25) is 0 Å². The van der Waals surface area contributed by atoms with Crippen molar-refractivity contribution in [3.63, 3.8) is 0 Å². The largest absolute Gasteiger partial charge is 0.490 e. The molecule has 6 nitrogen and oxygen atoms in total. The number of hydrogen-bond donors (Lipinski definition) is 1. The Balaban J connectivity index is 2.13. The molecule has 124 valence electrons. The lowest BCUT2D eigenvalue weighted by Gasteiger charge is -2.19. The Labute approximate surface area is 136 Å². The van der Waals surface area contributed by atoms with Gasteiger partial charge in [0, 0.05) is 31.0 Å². The number of H-pyrrole nitrogens is 1. The van der Waals surface area contributed by atoms with Gasteiger partial charge in [-0.05, 0) is 39.0 Å². The summed E-state index contributed by atoms with van der Waals surface area (Å²) in [5.41, 5.74) is 0.904. The number of rotatable bonds is 8. The molecule has 2 aromatic rings. The van der Waals surface area contributed by atoms with Crippen molar-refractivity contribution in [1.82, 2.24) is 14.9 Å². The summed E-state index contributed by atoms with van der Waals surface area (Å²) in [6.45, 7) is 7.67. The maximum absolute atomic E-state index is 12.0. The number of benzene rings is 1. The smallest absolute Gasteiger partial charge is 0.260 e. The van der Waals surface area contributed by atoms with E-state index >= 15 is 0 Å². The number of nitrogens with one attached hydrogen (secondary N) is 1. The summed E-state index contributed by atoms with van der Waals surface area (Å²) in [4.78, 5) is 21.1. The van der Waals surface area contributed by atoms with Gasteiger partial charge >= 0.3 is 0 Å². The highest BCUT2D eigenvalue weighted by atomic mass is 16.5. The zero-order chi connectivity index (χ0) is 16.7. The van der Waals surface area contributed by atoms with Gasteiger partial charge in [0.25, 0.3) is 5.91 Å². The average Bonchev–Trinajstić information content (AvgIpc) is 3.09. The molecule has 0 saturated carbocycles. The monoisotopic (exact) mass is 317 g/mol. The Hall–Kier alpha value is -2.50. The number of hydrogen-bond acceptors (Lipinski definition) is 4. The second-order valence-corrected chi connectivity index (χ2v) is 4.89. The number of carbonyl (C=O) groups excluding carboxylic acids is 1.